The number of rotatable bonds is 5. The van der Waals surface area contributed by atoms with Gasteiger partial charge < -0.3 is 9.30 Å². The Morgan fingerprint density at radius 2 is 2.24 bits per heavy atom. The smallest absolute Gasteiger partial charge is 0.315 e. The van der Waals surface area contributed by atoms with E-state index in [0.717, 1.165) is 12.1 Å². The maximum absolute atomic E-state index is 13.2. The van der Waals surface area contributed by atoms with Crippen LogP contribution >= 0.6 is 15.9 Å². The van der Waals surface area contributed by atoms with Gasteiger partial charge >= 0.3 is 5.69 Å². The molecule has 0 saturated heterocycles. The molecule has 0 fully saturated rings. The van der Waals surface area contributed by atoms with Crippen molar-refractivity contribution in [1.82, 2.24) is 4.57 Å². The summed E-state index contributed by atoms with van der Waals surface area (Å²) in [5, 5.41) is 10.9. The lowest BCUT2D eigenvalue weighted by atomic mass is 10.2. The van der Waals surface area contributed by atoms with E-state index in [1.165, 1.54) is 0 Å². The van der Waals surface area contributed by atoms with Gasteiger partial charge in [0.2, 0.25) is 11.5 Å². The first-order chi connectivity index (χ1) is 9.90. The van der Waals surface area contributed by atoms with E-state index in [0.29, 0.717) is 5.69 Å². The molecule has 0 atom stereocenters. The lowest BCUT2D eigenvalue weighted by Crippen LogP contribution is -2.15. The second-order valence-electron chi connectivity index (χ2n) is 4.21. The molecule has 0 aliphatic carbocycles. The van der Waals surface area contributed by atoms with Crippen molar-refractivity contribution in [1.29, 1.82) is 0 Å². The number of nitrogens with zero attached hydrogens (tertiary/aromatic N) is 2. The number of ketones is 1. The van der Waals surface area contributed by atoms with E-state index in [2.05, 4.69) is 15.9 Å². The molecule has 0 N–H and O–H groups in total. The number of halogens is 2. The SMILES string of the molecule is Cn1cccc1C(=O)COc1c(Br)cc(F)cc1[N+](=O)[O-]. The van der Waals surface area contributed by atoms with Gasteiger partial charge in [-0.05, 0) is 34.1 Å². The van der Waals surface area contributed by atoms with Crippen molar-refractivity contribution in [3.8, 4) is 5.75 Å². The van der Waals surface area contributed by atoms with Crippen LogP contribution in [0, 0.1) is 15.9 Å². The Morgan fingerprint density at radius 3 is 2.81 bits per heavy atom. The van der Waals surface area contributed by atoms with Crippen LogP contribution in [0.15, 0.2) is 34.9 Å². The zero-order valence-electron chi connectivity index (χ0n) is 10.9. The zero-order chi connectivity index (χ0) is 15.6. The van der Waals surface area contributed by atoms with E-state index in [4.69, 9.17) is 4.74 Å². The summed E-state index contributed by atoms with van der Waals surface area (Å²) in [7, 11) is 1.70. The summed E-state index contributed by atoms with van der Waals surface area (Å²) >= 11 is 2.99. The van der Waals surface area contributed by atoms with Gasteiger partial charge in [-0.1, -0.05) is 0 Å². The summed E-state index contributed by atoms with van der Waals surface area (Å²) in [4.78, 5) is 22.1. The maximum Gasteiger partial charge on any atom is 0.315 e. The summed E-state index contributed by atoms with van der Waals surface area (Å²) in [6.07, 6.45) is 1.70. The zero-order valence-corrected chi connectivity index (χ0v) is 12.5. The fraction of sp³-hybridized carbons (Fsp3) is 0.154. The predicted octanol–water partition coefficient (Wildman–Crippen LogP) is 3.10. The molecule has 1 heterocycles. The molecule has 0 unspecified atom stereocenters. The number of hydrogen-bond donors (Lipinski definition) is 0. The highest BCUT2D eigenvalue weighted by atomic mass is 79.9. The van der Waals surface area contributed by atoms with Crippen molar-refractivity contribution in [2.75, 3.05) is 6.61 Å². The number of nitro groups is 1. The number of ether oxygens (including phenoxy) is 1. The quantitative estimate of drug-likeness (QED) is 0.468. The van der Waals surface area contributed by atoms with Crippen molar-refractivity contribution in [2.45, 2.75) is 0 Å². The highest BCUT2D eigenvalue weighted by Gasteiger charge is 2.22. The summed E-state index contributed by atoms with van der Waals surface area (Å²) in [6, 6.07) is 5.09. The molecule has 0 aliphatic rings. The number of aromatic nitrogens is 1. The van der Waals surface area contributed by atoms with E-state index in [-0.39, 0.29) is 22.6 Å². The molecule has 1 aromatic carbocycles. The van der Waals surface area contributed by atoms with Crippen LogP contribution in [-0.4, -0.2) is 21.9 Å². The minimum absolute atomic E-state index is 0.0777. The second kappa shape index (κ2) is 6.04. The van der Waals surface area contributed by atoms with Crippen LogP contribution in [-0.2, 0) is 7.05 Å². The first-order valence-electron chi connectivity index (χ1n) is 5.81. The Hall–Kier alpha value is -2.22. The molecule has 8 heteroatoms. The monoisotopic (exact) mass is 356 g/mol. The predicted molar refractivity (Wildman–Crippen MR) is 76.0 cm³/mol. The summed E-state index contributed by atoms with van der Waals surface area (Å²) in [5.74, 6) is -1.29. The number of Topliss-reactive ketones (excluding diaryl/α,β-unsaturated/α-hetero) is 1. The number of hydrogen-bond acceptors (Lipinski definition) is 4. The van der Waals surface area contributed by atoms with Crippen molar-refractivity contribution in [3.05, 3.63) is 56.6 Å². The number of carbonyl (C=O) groups excluding carboxylic acids is 1. The van der Waals surface area contributed by atoms with Gasteiger partial charge in [0.1, 0.15) is 5.82 Å². The first-order valence-corrected chi connectivity index (χ1v) is 6.60. The van der Waals surface area contributed by atoms with Gasteiger partial charge in [0.15, 0.2) is 6.61 Å². The van der Waals surface area contributed by atoms with E-state index >= 15 is 0 Å². The van der Waals surface area contributed by atoms with Crippen LogP contribution in [0.4, 0.5) is 10.1 Å². The molecule has 21 heavy (non-hydrogen) atoms. The summed E-state index contributed by atoms with van der Waals surface area (Å²) in [6.45, 7) is -0.386. The van der Waals surface area contributed by atoms with Crippen LogP contribution in [0.3, 0.4) is 0 Å². The third kappa shape index (κ3) is 3.27. The van der Waals surface area contributed by atoms with Crippen LogP contribution in [0.1, 0.15) is 10.5 Å². The molecule has 2 aromatic rings. The molecule has 0 amide bonds. The topological polar surface area (TPSA) is 74.4 Å². The van der Waals surface area contributed by atoms with E-state index in [9.17, 15) is 19.3 Å². The fourth-order valence-corrected chi connectivity index (χ4v) is 2.32. The standard InChI is InChI=1S/C13H10BrFN2O4/c1-16-4-2-3-10(16)12(18)7-21-13-9(14)5-8(15)6-11(13)17(19)20/h2-6H,7H2,1H3. The van der Waals surface area contributed by atoms with Crippen molar-refractivity contribution >= 4 is 27.4 Å². The second-order valence-corrected chi connectivity index (χ2v) is 5.06. The van der Waals surface area contributed by atoms with Gasteiger partial charge in [-0.3, -0.25) is 14.9 Å². The number of benzene rings is 1. The minimum Gasteiger partial charge on any atom is -0.478 e. The van der Waals surface area contributed by atoms with Crippen molar-refractivity contribution < 1.29 is 18.8 Å². The molecule has 0 aliphatic heterocycles. The highest BCUT2D eigenvalue weighted by Crippen LogP contribution is 2.36. The highest BCUT2D eigenvalue weighted by molar-refractivity contribution is 9.10. The third-order valence-electron chi connectivity index (χ3n) is 2.76. The lowest BCUT2D eigenvalue weighted by Gasteiger charge is -2.08. The normalized spacial score (nSPS) is 10.4. The minimum atomic E-state index is -0.769. The molecule has 0 radical (unpaired) electrons. The van der Waals surface area contributed by atoms with E-state index < -0.39 is 16.4 Å². The van der Waals surface area contributed by atoms with Crippen LogP contribution in [0.5, 0.6) is 5.75 Å². The maximum atomic E-state index is 13.2. The van der Waals surface area contributed by atoms with Crippen LogP contribution in [0.2, 0.25) is 0 Å². The van der Waals surface area contributed by atoms with Crippen LogP contribution in [0.25, 0.3) is 0 Å². The van der Waals surface area contributed by atoms with Crippen LogP contribution < -0.4 is 4.74 Å². The van der Waals surface area contributed by atoms with Gasteiger partial charge in [0, 0.05) is 13.2 Å². The Balaban J connectivity index is 2.22. The van der Waals surface area contributed by atoms with Crippen molar-refractivity contribution in [2.24, 2.45) is 7.05 Å². The number of nitro benzene ring substituents is 1. The van der Waals surface area contributed by atoms with Gasteiger partial charge in [-0.25, -0.2) is 4.39 Å². The average Bonchev–Trinajstić information content (AvgIpc) is 2.82. The lowest BCUT2D eigenvalue weighted by molar-refractivity contribution is -0.386. The number of carbonyl (C=O) groups is 1. The summed E-state index contributed by atoms with van der Waals surface area (Å²) < 4.78 is 20.1. The molecular formula is C13H10BrFN2O4. The molecule has 1 aromatic heterocycles. The number of aryl methyl sites for hydroxylation is 1. The molecule has 0 bridgehead atoms. The molecule has 0 spiro atoms. The third-order valence-corrected chi connectivity index (χ3v) is 3.35. The van der Waals surface area contributed by atoms with Gasteiger partial charge in [-0.15, -0.1) is 0 Å². The molecule has 0 saturated carbocycles. The van der Waals surface area contributed by atoms with Crippen molar-refractivity contribution in [3.63, 3.8) is 0 Å². The van der Waals surface area contributed by atoms with E-state index in [1.807, 2.05) is 0 Å². The molecule has 110 valence electrons. The van der Waals surface area contributed by atoms with Gasteiger partial charge in [0.25, 0.3) is 0 Å². The Kier molecular flexibility index (Phi) is 4.37. The Morgan fingerprint density at radius 1 is 1.52 bits per heavy atom. The van der Waals surface area contributed by atoms with E-state index in [1.54, 1.807) is 29.9 Å². The molecular weight excluding hydrogens is 347 g/mol. The van der Waals surface area contributed by atoms with Gasteiger partial charge in [0.05, 0.1) is 21.2 Å². The largest absolute Gasteiger partial charge is 0.478 e. The molecule has 6 nitrogen and oxygen atoms in total. The fourth-order valence-electron chi connectivity index (χ4n) is 1.79. The first kappa shape index (κ1) is 15.2. The Bertz CT molecular complexity index is 714. The average molecular weight is 357 g/mol. The van der Waals surface area contributed by atoms with Gasteiger partial charge in [-0.2, -0.15) is 0 Å². The summed E-state index contributed by atoms with van der Waals surface area (Å²) in [5.41, 5.74) is -0.127. The molecule has 2 rings (SSSR count). The Labute approximate surface area is 127 Å².